The minimum Gasteiger partial charge on any atom is -0.387 e. The lowest BCUT2D eigenvalue weighted by Gasteiger charge is -2.21. The zero-order valence-corrected chi connectivity index (χ0v) is 14.3. The van der Waals surface area contributed by atoms with E-state index in [1.54, 1.807) is 17.8 Å². The normalized spacial score (nSPS) is 20.1. The first-order valence-corrected chi connectivity index (χ1v) is 9.07. The number of aryl methyl sites for hydroxylation is 1. The molecule has 0 spiro atoms. The second-order valence-electron chi connectivity index (χ2n) is 6.27. The van der Waals surface area contributed by atoms with E-state index in [9.17, 15) is 14.3 Å². The molecule has 1 amide bonds. The highest BCUT2D eigenvalue weighted by molar-refractivity contribution is 7.99. The molecule has 1 unspecified atom stereocenters. The van der Waals surface area contributed by atoms with E-state index in [-0.39, 0.29) is 12.1 Å². The Bertz CT molecular complexity index is 740. The molecular formula is C19H20FNO2S. The maximum atomic E-state index is 14.3. The highest BCUT2D eigenvalue weighted by Crippen LogP contribution is 2.27. The molecule has 0 bridgehead atoms. The Labute approximate surface area is 145 Å². The van der Waals surface area contributed by atoms with Crippen LogP contribution in [0.25, 0.3) is 11.1 Å². The van der Waals surface area contributed by atoms with Gasteiger partial charge in [0.05, 0.1) is 11.2 Å². The Balaban J connectivity index is 1.72. The SMILES string of the molecule is Cc1ccc(-c2ccc(C(=O)NCC3(O)CCSC3)c(F)c2)cc1. The van der Waals surface area contributed by atoms with Gasteiger partial charge in [-0.25, -0.2) is 4.39 Å². The summed E-state index contributed by atoms with van der Waals surface area (Å²) in [4.78, 5) is 12.2. The number of carbonyl (C=O) groups is 1. The smallest absolute Gasteiger partial charge is 0.254 e. The van der Waals surface area contributed by atoms with Crippen molar-refractivity contribution in [1.82, 2.24) is 5.32 Å². The second-order valence-corrected chi connectivity index (χ2v) is 7.38. The Morgan fingerprint density at radius 3 is 2.58 bits per heavy atom. The summed E-state index contributed by atoms with van der Waals surface area (Å²) in [7, 11) is 0. The van der Waals surface area contributed by atoms with Crippen molar-refractivity contribution in [2.45, 2.75) is 18.9 Å². The molecule has 1 saturated heterocycles. The number of rotatable bonds is 4. The number of aliphatic hydroxyl groups is 1. The quantitative estimate of drug-likeness (QED) is 0.893. The van der Waals surface area contributed by atoms with E-state index in [0.29, 0.717) is 12.2 Å². The molecule has 3 nitrogen and oxygen atoms in total. The Hall–Kier alpha value is -1.85. The zero-order chi connectivity index (χ0) is 17.2. The van der Waals surface area contributed by atoms with Crippen molar-refractivity contribution < 1.29 is 14.3 Å². The number of hydrogen-bond acceptors (Lipinski definition) is 3. The summed E-state index contributed by atoms with van der Waals surface area (Å²) in [5.41, 5.74) is 1.90. The van der Waals surface area contributed by atoms with Crippen LogP contribution in [0.2, 0.25) is 0 Å². The lowest BCUT2D eigenvalue weighted by atomic mass is 10.0. The molecule has 126 valence electrons. The Kier molecular flexibility index (Phi) is 4.92. The standard InChI is InChI=1S/C19H20FNO2S/c1-13-2-4-14(5-3-13)15-6-7-16(17(20)10-15)18(22)21-11-19(23)8-9-24-12-19/h2-7,10,23H,8-9,11-12H2,1H3,(H,21,22). The number of halogens is 1. The third kappa shape index (κ3) is 3.79. The molecule has 1 heterocycles. The van der Waals surface area contributed by atoms with Gasteiger partial charge in [0.1, 0.15) is 5.82 Å². The molecule has 2 aromatic carbocycles. The van der Waals surface area contributed by atoms with Crippen LogP contribution in [-0.4, -0.2) is 34.7 Å². The van der Waals surface area contributed by atoms with Crippen molar-refractivity contribution in [2.24, 2.45) is 0 Å². The minimum atomic E-state index is -0.876. The molecule has 2 aromatic rings. The lowest BCUT2D eigenvalue weighted by Crippen LogP contribution is -2.43. The summed E-state index contributed by atoms with van der Waals surface area (Å²) in [5, 5.41) is 12.9. The van der Waals surface area contributed by atoms with Gasteiger partial charge < -0.3 is 10.4 Å². The van der Waals surface area contributed by atoms with Gasteiger partial charge in [-0.15, -0.1) is 0 Å². The molecule has 5 heteroatoms. The van der Waals surface area contributed by atoms with Gasteiger partial charge in [0.2, 0.25) is 0 Å². The average molecular weight is 345 g/mol. The van der Waals surface area contributed by atoms with Crippen LogP contribution in [-0.2, 0) is 0 Å². The number of nitrogens with one attached hydrogen (secondary N) is 1. The van der Waals surface area contributed by atoms with Crippen LogP contribution < -0.4 is 5.32 Å². The van der Waals surface area contributed by atoms with Crippen LogP contribution in [0.1, 0.15) is 22.3 Å². The highest BCUT2D eigenvalue weighted by Gasteiger charge is 2.32. The summed E-state index contributed by atoms with van der Waals surface area (Å²) in [6.45, 7) is 2.15. The fourth-order valence-corrected chi connectivity index (χ4v) is 4.00. The molecule has 0 radical (unpaired) electrons. The zero-order valence-electron chi connectivity index (χ0n) is 13.5. The summed E-state index contributed by atoms with van der Waals surface area (Å²) in [6.07, 6.45) is 0.646. The fraction of sp³-hybridized carbons (Fsp3) is 0.316. The summed E-state index contributed by atoms with van der Waals surface area (Å²) < 4.78 is 14.3. The summed E-state index contributed by atoms with van der Waals surface area (Å²) >= 11 is 1.66. The van der Waals surface area contributed by atoms with Crippen LogP contribution in [0.5, 0.6) is 0 Å². The van der Waals surface area contributed by atoms with Crippen molar-refractivity contribution >= 4 is 17.7 Å². The van der Waals surface area contributed by atoms with Crippen LogP contribution in [0.15, 0.2) is 42.5 Å². The predicted molar refractivity (Wildman–Crippen MR) is 95.8 cm³/mol. The topological polar surface area (TPSA) is 49.3 Å². The average Bonchev–Trinajstić information content (AvgIpc) is 3.00. The molecular weight excluding hydrogens is 325 g/mol. The van der Waals surface area contributed by atoms with E-state index < -0.39 is 17.3 Å². The van der Waals surface area contributed by atoms with Crippen molar-refractivity contribution in [3.63, 3.8) is 0 Å². The molecule has 3 rings (SSSR count). The van der Waals surface area contributed by atoms with E-state index in [4.69, 9.17) is 0 Å². The highest BCUT2D eigenvalue weighted by atomic mass is 32.2. The molecule has 1 aliphatic rings. The van der Waals surface area contributed by atoms with Crippen LogP contribution >= 0.6 is 11.8 Å². The van der Waals surface area contributed by atoms with Crippen molar-refractivity contribution in [1.29, 1.82) is 0 Å². The second kappa shape index (κ2) is 6.95. The van der Waals surface area contributed by atoms with Gasteiger partial charge in [0.15, 0.2) is 0 Å². The van der Waals surface area contributed by atoms with Crippen molar-refractivity contribution in [3.05, 3.63) is 59.4 Å². The Morgan fingerprint density at radius 1 is 1.25 bits per heavy atom. The predicted octanol–water partition coefficient (Wildman–Crippen LogP) is 3.40. The molecule has 1 fully saturated rings. The molecule has 0 saturated carbocycles. The van der Waals surface area contributed by atoms with Gasteiger partial charge in [-0.05, 0) is 42.4 Å². The molecule has 1 aliphatic heterocycles. The maximum absolute atomic E-state index is 14.3. The molecule has 1 atom stereocenters. The molecule has 0 aliphatic carbocycles. The number of carbonyl (C=O) groups excluding carboxylic acids is 1. The third-order valence-electron chi connectivity index (χ3n) is 4.26. The third-order valence-corrected chi connectivity index (χ3v) is 5.49. The van der Waals surface area contributed by atoms with E-state index in [1.807, 2.05) is 31.2 Å². The van der Waals surface area contributed by atoms with E-state index in [1.165, 1.54) is 12.1 Å². The van der Waals surface area contributed by atoms with Crippen LogP contribution in [0.3, 0.4) is 0 Å². The number of benzene rings is 2. The maximum Gasteiger partial charge on any atom is 0.254 e. The van der Waals surface area contributed by atoms with Gasteiger partial charge in [0.25, 0.3) is 5.91 Å². The first-order valence-electron chi connectivity index (χ1n) is 7.92. The lowest BCUT2D eigenvalue weighted by molar-refractivity contribution is 0.0611. The van der Waals surface area contributed by atoms with Crippen molar-refractivity contribution in [2.75, 3.05) is 18.1 Å². The molecule has 2 N–H and O–H groups in total. The number of hydrogen-bond donors (Lipinski definition) is 2. The van der Waals surface area contributed by atoms with Gasteiger partial charge in [-0.3, -0.25) is 4.79 Å². The fourth-order valence-electron chi connectivity index (χ4n) is 2.70. The van der Waals surface area contributed by atoms with E-state index in [0.717, 1.165) is 22.4 Å². The monoisotopic (exact) mass is 345 g/mol. The minimum absolute atomic E-state index is 0.000103. The summed E-state index contributed by atoms with van der Waals surface area (Å²) in [5.74, 6) is 0.431. The van der Waals surface area contributed by atoms with Gasteiger partial charge in [-0.2, -0.15) is 11.8 Å². The van der Waals surface area contributed by atoms with Gasteiger partial charge in [0, 0.05) is 12.3 Å². The largest absolute Gasteiger partial charge is 0.387 e. The van der Waals surface area contributed by atoms with Crippen LogP contribution in [0, 0.1) is 12.7 Å². The summed E-state index contributed by atoms with van der Waals surface area (Å²) in [6, 6.07) is 12.4. The van der Waals surface area contributed by atoms with E-state index in [2.05, 4.69) is 5.32 Å². The first-order chi connectivity index (χ1) is 11.5. The number of amides is 1. The van der Waals surface area contributed by atoms with Crippen LogP contribution in [0.4, 0.5) is 4.39 Å². The molecule has 0 aromatic heterocycles. The van der Waals surface area contributed by atoms with Gasteiger partial charge in [-0.1, -0.05) is 35.9 Å². The van der Waals surface area contributed by atoms with Crippen molar-refractivity contribution in [3.8, 4) is 11.1 Å². The van der Waals surface area contributed by atoms with Gasteiger partial charge >= 0.3 is 0 Å². The Morgan fingerprint density at radius 2 is 1.96 bits per heavy atom. The molecule has 24 heavy (non-hydrogen) atoms. The number of thioether (sulfide) groups is 1. The van der Waals surface area contributed by atoms with E-state index >= 15 is 0 Å². The first kappa shape index (κ1) is 17.0.